The van der Waals surface area contributed by atoms with Crippen molar-refractivity contribution >= 4 is 25.3 Å². The van der Waals surface area contributed by atoms with E-state index < -0.39 is 87.0 Å². The second-order valence-corrected chi connectivity index (χ2v) is 16.4. The predicted molar refractivity (Wildman–Crippen MR) is 144 cm³/mol. The van der Waals surface area contributed by atoms with Crippen molar-refractivity contribution in [3.05, 3.63) is 0 Å². The van der Waals surface area contributed by atoms with Crippen LogP contribution in [0.3, 0.4) is 0 Å². The maximum absolute atomic E-state index is 14.0. The van der Waals surface area contributed by atoms with Crippen LogP contribution < -0.4 is 0 Å². The van der Waals surface area contributed by atoms with Crippen molar-refractivity contribution in [3.8, 4) is 0 Å². The topological polar surface area (TPSA) is 153 Å². The van der Waals surface area contributed by atoms with Crippen molar-refractivity contribution in [2.24, 2.45) is 0 Å². The van der Waals surface area contributed by atoms with E-state index in [0.717, 1.165) is 6.26 Å². The van der Waals surface area contributed by atoms with Crippen LogP contribution in [0.1, 0.15) is 68.2 Å². The Kier molecular flexibility index (Phi) is 15.3. The molecule has 0 spiro atoms. The van der Waals surface area contributed by atoms with Crippen LogP contribution in [0.2, 0.25) is 0 Å². The monoisotopic (exact) mass is 646 g/mol. The Balaban J connectivity index is 0.000000408. The van der Waals surface area contributed by atoms with Crippen LogP contribution in [0.5, 0.6) is 0 Å². The SMILES string of the molecule is CC(C)OP(=O)(OC(C)C)[C@H]1C[C@@H](F)[C@@H](CO)O1.CC(C)OP(=O)(OC(C)C)[C@H]1C[C@@H](F)[C@@H](COS(C)(=O)=O)O1. The number of halogens is 2. The van der Waals surface area contributed by atoms with Crippen LogP contribution in [0.25, 0.3) is 0 Å². The minimum atomic E-state index is -3.70. The molecule has 0 aliphatic carbocycles. The van der Waals surface area contributed by atoms with Crippen molar-refractivity contribution in [2.45, 2.75) is 129 Å². The van der Waals surface area contributed by atoms with Crippen molar-refractivity contribution in [2.75, 3.05) is 19.5 Å². The smallest absolute Gasteiger partial charge is 0.359 e. The van der Waals surface area contributed by atoms with Gasteiger partial charge in [0.15, 0.2) is 11.7 Å². The van der Waals surface area contributed by atoms with E-state index in [1.54, 1.807) is 55.4 Å². The fourth-order valence-electron chi connectivity index (χ4n) is 3.77. The van der Waals surface area contributed by atoms with Gasteiger partial charge in [-0.2, -0.15) is 8.42 Å². The van der Waals surface area contributed by atoms with Gasteiger partial charge in [0.1, 0.15) is 24.6 Å². The van der Waals surface area contributed by atoms with Crippen molar-refractivity contribution in [1.29, 1.82) is 0 Å². The zero-order chi connectivity index (χ0) is 31.1. The summed E-state index contributed by atoms with van der Waals surface area (Å²) in [4.78, 5) is 0. The first-order valence-corrected chi connectivity index (χ1v) is 18.2. The molecule has 2 heterocycles. The van der Waals surface area contributed by atoms with E-state index in [1.165, 1.54) is 0 Å². The second kappa shape index (κ2) is 16.1. The summed E-state index contributed by atoms with van der Waals surface area (Å²) in [5.74, 6) is -2.03. The van der Waals surface area contributed by atoms with E-state index in [1.807, 2.05) is 0 Å². The molecule has 2 fully saturated rings. The van der Waals surface area contributed by atoms with Gasteiger partial charge in [-0.1, -0.05) is 0 Å². The van der Waals surface area contributed by atoms with Gasteiger partial charge in [-0.05, 0) is 55.4 Å². The highest BCUT2D eigenvalue weighted by Gasteiger charge is 2.49. The Morgan fingerprint density at radius 2 is 1.07 bits per heavy atom. The van der Waals surface area contributed by atoms with E-state index in [9.17, 15) is 26.3 Å². The molecule has 0 bridgehead atoms. The van der Waals surface area contributed by atoms with Crippen LogP contribution in [0, 0.1) is 0 Å². The highest BCUT2D eigenvalue weighted by molar-refractivity contribution is 7.86. The molecule has 0 unspecified atom stereocenters. The van der Waals surface area contributed by atoms with Gasteiger partial charge in [0.25, 0.3) is 10.1 Å². The summed E-state index contributed by atoms with van der Waals surface area (Å²) >= 11 is 0. The van der Waals surface area contributed by atoms with Crippen LogP contribution in [-0.2, 0) is 51.0 Å². The molecule has 6 atom stereocenters. The summed E-state index contributed by atoms with van der Waals surface area (Å²) in [6.07, 6.45) is -5.76. The summed E-state index contributed by atoms with van der Waals surface area (Å²) in [6.45, 7) is 12.7. The van der Waals surface area contributed by atoms with Crippen molar-refractivity contribution in [1.82, 2.24) is 0 Å². The number of aliphatic hydroxyl groups is 1. The molecule has 2 rings (SSSR count). The molecule has 12 nitrogen and oxygen atoms in total. The van der Waals surface area contributed by atoms with Crippen LogP contribution in [0.15, 0.2) is 0 Å². The first-order valence-electron chi connectivity index (χ1n) is 13.2. The lowest BCUT2D eigenvalue weighted by Gasteiger charge is -2.27. The fourth-order valence-corrected chi connectivity index (χ4v) is 8.67. The number of hydrogen-bond donors (Lipinski definition) is 1. The van der Waals surface area contributed by atoms with Crippen molar-refractivity contribution in [3.63, 3.8) is 0 Å². The average Bonchev–Trinajstić information content (AvgIpc) is 3.33. The Morgan fingerprint density at radius 3 is 1.35 bits per heavy atom. The molecule has 0 aromatic rings. The molecule has 2 aliphatic rings. The minimum absolute atomic E-state index is 0.0814. The third-order valence-electron chi connectivity index (χ3n) is 5.09. The van der Waals surface area contributed by atoms with Gasteiger partial charge < -0.3 is 32.7 Å². The highest BCUT2D eigenvalue weighted by atomic mass is 32.2. The van der Waals surface area contributed by atoms with Gasteiger partial charge in [0, 0.05) is 12.8 Å². The number of aliphatic hydroxyl groups excluding tert-OH is 1. The molecule has 2 aliphatic heterocycles. The molecular formula is C23H46F2O12P2S. The third-order valence-corrected chi connectivity index (χ3v) is 10.6. The first kappa shape index (κ1) is 38.0. The average molecular weight is 647 g/mol. The molecule has 1 N–H and O–H groups in total. The molecule has 40 heavy (non-hydrogen) atoms. The van der Waals surface area contributed by atoms with Crippen LogP contribution >= 0.6 is 15.2 Å². The molecule has 240 valence electrons. The Labute approximate surface area is 236 Å². The molecule has 0 aromatic heterocycles. The molecular weight excluding hydrogens is 600 g/mol. The standard InChI is InChI=1S/C12H24FO7PS.C11H22FO5P/c1-8(2)19-21(14,20-9(3)4)12-6-10(13)11(18-12)7-17-22(5,15)16;1-7(2)16-18(14,17-8(3)4)11-5-9(12)10(6-13)15-11/h8-12H,6-7H2,1-5H3;7-11,13H,5-6H2,1-4H3/t10-,11-,12+;9-,10-,11+/m11/s1. The zero-order valence-electron chi connectivity index (χ0n) is 24.6. The lowest BCUT2D eigenvalue weighted by molar-refractivity contribution is 0.00303. The Hall–Kier alpha value is -0.0500. The van der Waals surface area contributed by atoms with Crippen LogP contribution in [-0.4, -0.2) is 93.7 Å². The van der Waals surface area contributed by atoms with Gasteiger partial charge in [0.2, 0.25) is 0 Å². The predicted octanol–water partition coefficient (Wildman–Crippen LogP) is 4.93. The zero-order valence-corrected chi connectivity index (χ0v) is 27.2. The normalized spacial score (nSPS) is 28.1. The number of rotatable bonds is 14. The van der Waals surface area contributed by atoms with Gasteiger partial charge in [-0.15, -0.1) is 0 Å². The molecule has 0 radical (unpaired) electrons. The summed E-state index contributed by atoms with van der Waals surface area (Å²) in [6, 6.07) is 0. The molecule has 2 saturated heterocycles. The van der Waals surface area contributed by atoms with E-state index in [-0.39, 0.29) is 25.0 Å². The minimum Gasteiger partial charge on any atom is -0.394 e. The van der Waals surface area contributed by atoms with E-state index in [0.29, 0.717) is 0 Å². The molecule has 0 aromatic carbocycles. The van der Waals surface area contributed by atoms with Crippen LogP contribution in [0.4, 0.5) is 8.78 Å². The summed E-state index contributed by atoms with van der Waals surface area (Å²) < 4.78 is 111. The lowest BCUT2D eigenvalue weighted by atomic mass is 10.2. The van der Waals surface area contributed by atoms with E-state index in [4.69, 9.17) is 32.7 Å². The Morgan fingerprint density at radius 1 is 0.750 bits per heavy atom. The lowest BCUT2D eigenvalue weighted by Crippen LogP contribution is -2.25. The molecule has 17 heteroatoms. The summed E-state index contributed by atoms with van der Waals surface area (Å²) in [7, 11) is -10.9. The first-order chi connectivity index (χ1) is 18.2. The number of alkyl halides is 2. The van der Waals surface area contributed by atoms with Gasteiger partial charge in [0.05, 0.1) is 43.9 Å². The van der Waals surface area contributed by atoms with E-state index >= 15 is 0 Å². The largest absolute Gasteiger partial charge is 0.394 e. The quantitative estimate of drug-likeness (QED) is 0.201. The fraction of sp³-hybridized carbons (Fsp3) is 1.00. The summed E-state index contributed by atoms with van der Waals surface area (Å²) in [5, 5.41) is 8.95. The van der Waals surface area contributed by atoms with Gasteiger partial charge >= 0.3 is 15.2 Å². The molecule has 0 saturated carbocycles. The van der Waals surface area contributed by atoms with Gasteiger partial charge in [-0.25, -0.2) is 8.78 Å². The maximum atomic E-state index is 14.0. The van der Waals surface area contributed by atoms with Crippen molar-refractivity contribution < 1.29 is 63.2 Å². The summed E-state index contributed by atoms with van der Waals surface area (Å²) in [5.41, 5.74) is 0. The third kappa shape index (κ3) is 12.7. The Bertz CT molecular complexity index is 938. The number of ether oxygens (including phenoxy) is 2. The van der Waals surface area contributed by atoms with E-state index in [2.05, 4.69) is 4.18 Å². The maximum Gasteiger partial charge on any atom is 0.359 e. The second-order valence-electron chi connectivity index (χ2n) is 10.6. The van der Waals surface area contributed by atoms with Gasteiger partial charge in [-0.3, -0.25) is 13.3 Å². The number of hydrogen-bond acceptors (Lipinski definition) is 12. The molecule has 0 amide bonds. The highest BCUT2D eigenvalue weighted by Crippen LogP contribution is 2.60.